The summed E-state index contributed by atoms with van der Waals surface area (Å²) >= 11 is 0. The first kappa shape index (κ1) is 15.6. The van der Waals surface area contributed by atoms with Gasteiger partial charge in [-0.1, -0.05) is 32.0 Å². The van der Waals surface area contributed by atoms with Gasteiger partial charge in [-0.25, -0.2) is 4.79 Å². The minimum atomic E-state index is -0.905. The Bertz CT molecular complexity index is 475. The van der Waals surface area contributed by atoms with Crippen LogP contribution in [0.15, 0.2) is 24.3 Å². The quantitative estimate of drug-likeness (QED) is 0.773. The average Bonchev–Trinajstić information content (AvgIpc) is 2.85. The van der Waals surface area contributed by atoms with E-state index in [-0.39, 0.29) is 24.6 Å². The molecule has 1 aliphatic rings. The predicted octanol–water partition coefficient (Wildman–Crippen LogP) is 1.70. The zero-order valence-electron chi connectivity index (χ0n) is 12.8. The molecule has 1 aromatic carbocycles. The Labute approximate surface area is 125 Å². The third-order valence-corrected chi connectivity index (χ3v) is 4.05. The zero-order chi connectivity index (χ0) is 15.5. The molecule has 0 saturated heterocycles. The normalized spacial score (nSPS) is 19.6. The van der Waals surface area contributed by atoms with Crippen molar-refractivity contribution < 1.29 is 14.6 Å². The Balaban J connectivity index is 1.71. The molecule has 0 spiro atoms. The van der Waals surface area contributed by atoms with Gasteiger partial charge >= 0.3 is 6.03 Å². The lowest BCUT2D eigenvalue weighted by molar-refractivity contribution is 0.0165. The molecule has 1 aliphatic heterocycles. The van der Waals surface area contributed by atoms with Gasteiger partial charge in [0.1, 0.15) is 11.9 Å². The van der Waals surface area contributed by atoms with Gasteiger partial charge in [0.15, 0.2) is 0 Å². The van der Waals surface area contributed by atoms with E-state index in [1.807, 2.05) is 38.1 Å². The summed E-state index contributed by atoms with van der Waals surface area (Å²) in [4.78, 5) is 11.8. The van der Waals surface area contributed by atoms with Crippen molar-refractivity contribution in [3.63, 3.8) is 0 Å². The number of carbonyl (C=O) groups excluding carboxylic acids is 1. The molecule has 2 atom stereocenters. The number of para-hydroxylation sites is 1. The summed E-state index contributed by atoms with van der Waals surface area (Å²) in [6, 6.07) is 7.62. The molecule has 0 aromatic heterocycles. The van der Waals surface area contributed by atoms with Crippen molar-refractivity contribution in [3.8, 4) is 5.75 Å². The average molecular weight is 292 g/mol. The second-order valence-electron chi connectivity index (χ2n) is 6.13. The van der Waals surface area contributed by atoms with E-state index in [4.69, 9.17) is 4.74 Å². The smallest absolute Gasteiger partial charge is 0.315 e. The lowest BCUT2D eigenvalue weighted by atomic mass is 9.93. The summed E-state index contributed by atoms with van der Waals surface area (Å²) < 4.78 is 5.75. The Kier molecular flexibility index (Phi) is 4.73. The Morgan fingerprint density at radius 3 is 2.81 bits per heavy atom. The van der Waals surface area contributed by atoms with E-state index in [1.54, 1.807) is 6.92 Å². The largest absolute Gasteiger partial charge is 0.488 e. The van der Waals surface area contributed by atoms with Crippen LogP contribution in [0.2, 0.25) is 0 Å². The highest BCUT2D eigenvalue weighted by Gasteiger charge is 2.26. The van der Waals surface area contributed by atoms with Crippen LogP contribution in [-0.4, -0.2) is 35.9 Å². The van der Waals surface area contributed by atoms with Gasteiger partial charge in [-0.2, -0.15) is 0 Å². The molecule has 2 rings (SSSR count). The molecule has 0 saturated carbocycles. The van der Waals surface area contributed by atoms with E-state index in [0.29, 0.717) is 6.54 Å². The van der Waals surface area contributed by atoms with Crippen LogP contribution < -0.4 is 15.4 Å². The first-order chi connectivity index (χ1) is 9.88. The molecule has 5 heteroatoms. The van der Waals surface area contributed by atoms with Gasteiger partial charge in [-0.05, 0) is 24.5 Å². The van der Waals surface area contributed by atoms with Crippen LogP contribution in [0.5, 0.6) is 5.75 Å². The van der Waals surface area contributed by atoms with Crippen LogP contribution in [0.4, 0.5) is 4.79 Å². The standard InChI is InChI=1S/C16H24N2O3/c1-11(2)16(3,20)10-18-15(19)17-9-13-8-12-6-4-5-7-14(12)21-13/h4-7,11,13,20H,8-10H2,1-3H3,(H2,17,18,19). The van der Waals surface area contributed by atoms with Crippen molar-refractivity contribution in [2.24, 2.45) is 5.92 Å². The fourth-order valence-corrected chi connectivity index (χ4v) is 2.10. The SMILES string of the molecule is CC(C)C(C)(O)CNC(=O)NCC1Cc2ccccc2O1. The maximum Gasteiger partial charge on any atom is 0.315 e. The van der Waals surface area contributed by atoms with Crippen molar-refractivity contribution in [1.29, 1.82) is 0 Å². The number of nitrogens with one attached hydrogen (secondary N) is 2. The highest BCUT2D eigenvalue weighted by Crippen LogP contribution is 2.27. The summed E-state index contributed by atoms with van der Waals surface area (Å²) in [5, 5.41) is 15.6. The molecule has 21 heavy (non-hydrogen) atoms. The van der Waals surface area contributed by atoms with E-state index in [1.165, 1.54) is 5.56 Å². The maximum absolute atomic E-state index is 11.8. The Hall–Kier alpha value is -1.75. The molecule has 3 N–H and O–H groups in total. The minimum Gasteiger partial charge on any atom is -0.488 e. The molecule has 0 radical (unpaired) electrons. The topological polar surface area (TPSA) is 70.6 Å². The van der Waals surface area contributed by atoms with Crippen LogP contribution in [0.3, 0.4) is 0 Å². The Morgan fingerprint density at radius 2 is 2.14 bits per heavy atom. The third-order valence-electron chi connectivity index (χ3n) is 4.05. The number of rotatable bonds is 5. The molecule has 5 nitrogen and oxygen atoms in total. The number of ether oxygens (including phenoxy) is 1. The second kappa shape index (κ2) is 6.35. The van der Waals surface area contributed by atoms with Crippen LogP contribution in [0, 0.1) is 5.92 Å². The Morgan fingerprint density at radius 1 is 1.43 bits per heavy atom. The van der Waals surface area contributed by atoms with E-state index < -0.39 is 5.60 Å². The van der Waals surface area contributed by atoms with Crippen LogP contribution in [-0.2, 0) is 6.42 Å². The molecular weight excluding hydrogens is 268 g/mol. The summed E-state index contributed by atoms with van der Waals surface area (Å²) in [5.41, 5.74) is 0.268. The zero-order valence-corrected chi connectivity index (χ0v) is 12.8. The number of amides is 2. The van der Waals surface area contributed by atoms with Gasteiger partial charge in [-0.15, -0.1) is 0 Å². The monoisotopic (exact) mass is 292 g/mol. The molecule has 2 unspecified atom stereocenters. The maximum atomic E-state index is 11.8. The molecule has 1 aromatic rings. The van der Waals surface area contributed by atoms with Crippen LogP contribution in [0.1, 0.15) is 26.3 Å². The molecule has 2 amide bonds. The van der Waals surface area contributed by atoms with E-state index in [2.05, 4.69) is 10.6 Å². The summed E-state index contributed by atoms with van der Waals surface area (Å²) in [6.07, 6.45) is 0.777. The first-order valence-electron chi connectivity index (χ1n) is 7.37. The van der Waals surface area contributed by atoms with Gasteiger partial charge in [0.25, 0.3) is 0 Å². The van der Waals surface area contributed by atoms with Crippen LogP contribution in [0.25, 0.3) is 0 Å². The predicted molar refractivity (Wildman–Crippen MR) is 81.4 cm³/mol. The molecule has 0 fully saturated rings. The van der Waals surface area contributed by atoms with E-state index in [0.717, 1.165) is 12.2 Å². The molecule has 1 heterocycles. The highest BCUT2D eigenvalue weighted by atomic mass is 16.5. The van der Waals surface area contributed by atoms with Gasteiger partial charge in [-0.3, -0.25) is 0 Å². The van der Waals surface area contributed by atoms with Crippen LogP contribution >= 0.6 is 0 Å². The van der Waals surface area contributed by atoms with Gasteiger partial charge in [0.05, 0.1) is 12.1 Å². The number of aliphatic hydroxyl groups is 1. The van der Waals surface area contributed by atoms with E-state index >= 15 is 0 Å². The lowest BCUT2D eigenvalue weighted by Crippen LogP contribution is -2.48. The summed E-state index contributed by atoms with van der Waals surface area (Å²) in [7, 11) is 0. The highest BCUT2D eigenvalue weighted by molar-refractivity contribution is 5.73. The molecule has 0 aliphatic carbocycles. The fraction of sp³-hybridized carbons (Fsp3) is 0.562. The van der Waals surface area contributed by atoms with Gasteiger partial charge in [0.2, 0.25) is 0 Å². The minimum absolute atomic E-state index is 0.0289. The third kappa shape index (κ3) is 4.11. The van der Waals surface area contributed by atoms with Crippen molar-refractivity contribution >= 4 is 6.03 Å². The summed E-state index contributed by atoms with van der Waals surface area (Å²) in [5.74, 6) is 0.970. The van der Waals surface area contributed by atoms with Crippen molar-refractivity contribution in [3.05, 3.63) is 29.8 Å². The number of benzene rings is 1. The van der Waals surface area contributed by atoms with Gasteiger partial charge in [0, 0.05) is 13.0 Å². The first-order valence-corrected chi connectivity index (χ1v) is 7.37. The number of urea groups is 1. The van der Waals surface area contributed by atoms with Crippen molar-refractivity contribution in [1.82, 2.24) is 10.6 Å². The second-order valence-corrected chi connectivity index (χ2v) is 6.13. The lowest BCUT2D eigenvalue weighted by Gasteiger charge is -2.27. The number of fused-ring (bicyclic) bond motifs is 1. The molecule has 0 bridgehead atoms. The van der Waals surface area contributed by atoms with Crippen molar-refractivity contribution in [2.75, 3.05) is 13.1 Å². The summed E-state index contributed by atoms with van der Waals surface area (Å²) in [6.45, 7) is 6.23. The van der Waals surface area contributed by atoms with E-state index in [9.17, 15) is 9.90 Å². The van der Waals surface area contributed by atoms with Crippen molar-refractivity contribution in [2.45, 2.75) is 38.9 Å². The van der Waals surface area contributed by atoms with Gasteiger partial charge < -0.3 is 20.5 Å². The number of hydrogen-bond acceptors (Lipinski definition) is 3. The molecular formula is C16H24N2O3. The number of hydrogen-bond donors (Lipinski definition) is 3. The number of carbonyl (C=O) groups is 1. The molecule has 116 valence electrons. The fourth-order valence-electron chi connectivity index (χ4n) is 2.10.